The van der Waals surface area contributed by atoms with Crippen LogP contribution in [-0.2, 0) is 17.6 Å². The van der Waals surface area contributed by atoms with Gasteiger partial charge < -0.3 is 5.11 Å². The molecule has 1 aliphatic heterocycles. The molecular formula is C24H29NO3. The average Bonchev–Trinajstić information content (AvgIpc) is 2.75. The van der Waals surface area contributed by atoms with Gasteiger partial charge in [-0.1, -0.05) is 60.7 Å². The molecule has 1 aliphatic rings. The molecule has 1 atom stereocenters. The first-order valence-corrected chi connectivity index (χ1v) is 10.3. The Morgan fingerprint density at radius 3 is 1.93 bits per heavy atom. The lowest BCUT2D eigenvalue weighted by Crippen LogP contribution is -2.49. The number of carbonyl (C=O) groups is 2. The predicted molar refractivity (Wildman–Crippen MR) is 110 cm³/mol. The molecule has 0 bridgehead atoms. The number of aryl methyl sites for hydroxylation is 2. The van der Waals surface area contributed by atoms with E-state index in [9.17, 15) is 14.7 Å². The van der Waals surface area contributed by atoms with E-state index in [1.807, 2.05) is 36.4 Å². The summed E-state index contributed by atoms with van der Waals surface area (Å²) in [6.07, 6.45) is 4.65. The van der Waals surface area contributed by atoms with E-state index < -0.39 is 12.1 Å². The lowest BCUT2D eigenvalue weighted by atomic mass is 9.84. The number of hydrogen-bond acceptors (Lipinski definition) is 2. The third-order valence-electron chi connectivity index (χ3n) is 5.73. The van der Waals surface area contributed by atoms with Crippen molar-refractivity contribution in [1.29, 1.82) is 0 Å². The van der Waals surface area contributed by atoms with Crippen LogP contribution in [0.1, 0.15) is 43.2 Å². The predicted octanol–water partition coefficient (Wildman–Crippen LogP) is 4.97. The van der Waals surface area contributed by atoms with E-state index in [0.717, 1.165) is 38.5 Å². The van der Waals surface area contributed by atoms with E-state index in [1.54, 1.807) is 0 Å². The highest BCUT2D eigenvalue weighted by molar-refractivity contribution is 5.89. The molecule has 1 N–H and O–H groups in total. The Morgan fingerprint density at radius 1 is 0.893 bits per heavy atom. The molecule has 4 nitrogen and oxygen atoms in total. The van der Waals surface area contributed by atoms with Crippen LogP contribution in [0.25, 0.3) is 0 Å². The minimum Gasteiger partial charge on any atom is -0.465 e. The summed E-state index contributed by atoms with van der Waals surface area (Å²) in [5.74, 6) is -0.0145. The molecule has 3 rings (SSSR count). The van der Waals surface area contributed by atoms with Gasteiger partial charge in [0.25, 0.3) is 0 Å². The minimum atomic E-state index is -0.970. The van der Waals surface area contributed by atoms with Gasteiger partial charge in [0.05, 0.1) is 6.04 Å². The summed E-state index contributed by atoms with van der Waals surface area (Å²) in [5, 5.41) is 9.53. The molecule has 1 unspecified atom stereocenters. The number of ketones is 1. The van der Waals surface area contributed by atoms with Gasteiger partial charge in [0.15, 0.2) is 5.78 Å². The summed E-state index contributed by atoms with van der Waals surface area (Å²) in [5.41, 5.74) is 2.44. The molecular weight excluding hydrogens is 350 g/mol. The fourth-order valence-electron chi connectivity index (χ4n) is 4.13. The lowest BCUT2D eigenvalue weighted by molar-refractivity contribution is -0.129. The van der Waals surface area contributed by atoms with Crippen LogP contribution in [-0.4, -0.2) is 34.5 Å². The molecule has 1 heterocycles. The Morgan fingerprint density at radius 2 is 1.43 bits per heavy atom. The van der Waals surface area contributed by atoms with Crippen molar-refractivity contribution in [3.63, 3.8) is 0 Å². The van der Waals surface area contributed by atoms with Crippen molar-refractivity contribution in [3.05, 3.63) is 71.8 Å². The van der Waals surface area contributed by atoms with Crippen LogP contribution in [0.2, 0.25) is 0 Å². The van der Waals surface area contributed by atoms with Gasteiger partial charge in [0, 0.05) is 12.5 Å². The first-order chi connectivity index (χ1) is 13.6. The molecule has 1 fully saturated rings. The van der Waals surface area contributed by atoms with E-state index in [2.05, 4.69) is 24.3 Å². The second kappa shape index (κ2) is 10.1. The number of carboxylic acid groups (broad SMARTS) is 1. The van der Waals surface area contributed by atoms with Gasteiger partial charge in [-0.15, -0.1) is 0 Å². The summed E-state index contributed by atoms with van der Waals surface area (Å²) < 4.78 is 0. The molecule has 28 heavy (non-hydrogen) atoms. The van der Waals surface area contributed by atoms with Gasteiger partial charge >= 0.3 is 6.09 Å². The third-order valence-corrected chi connectivity index (χ3v) is 5.73. The van der Waals surface area contributed by atoms with E-state index in [1.165, 1.54) is 16.0 Å². The van der Waals surface area contributed by atoms with Crippen LogP contribution in [0.4, 0.5) is 4.79 Å². The van der Waals surface area contributed by atoms with E-state index in [4.69, 9.17) is 0 Å². The van der Waals surface area contributed by atoms with Crippen molar-refractivity contribution in [3.8, 4) is 0 Å². The maximum absolute atomic E-state index is 13.4. The highest BCUT2D eigenvalue weighted by atomic mass is 16.4. The Kier molecular flexibility index (Phi) is 7.24. The quantitative estimate of drug-likeness (QED) is 0.704. The van der Waals surface area contributed by atoms with Crippen molar-refractivity contribution in [2.75, 3.05) is 6.54 Å². The molecule has 0 radical (unpaired) electrons. The smallest absolute Gasteiger partial charge is 0.407 e. The maximum Gasteiger partial charge on any atom is 0.407 e. The first-order valence-electron chi connectivity index (χ1n) is 10.3. The Bertz CT molecular complexity index is 716. The largest absolute Gasteiger partial charge is 0.465 e. The van der Waals surface area contributed by atoms with Gasteiger partial charge in [-0.2, -0.15) is 0 Å². The number of nitrogens with zero attached hydrogens (tertiary/aromatic N) is 1. The second-order valence-electron chi connectivity index (χ2n) is 7.64. The van der Waals surface area contributed by atoms with Crippen LogP contribution >= 0.6 is 0 Å². The van der Waals surface area contributed by atoms with E-state index in [0.29, 0.717) is 13.0 Å². The van der Waals surface area contributed by atoms with Gasteiger partial charge in [-0.05, 0) is 56.1 Å². The fraction of sp³-hybridized carbons (Fsp3) is 0.417. The Balaban J connectivity index is 1.71. The minimum absolute atomic E-state index is 0.106. The average molecular weight is 380 g/mol. The molecule has 1 amide bonds. The molecule has 0 aliphatic carbocycles. The molecule has 0 aromatic heterocycles. The number of Topliss-reactive ketones (excluding diaryl/α,β-unsaturated/α-hetero) is 1. The van der Waals surface area contributed by atoms with Crippen LogP contribution in [0.15, 0.2) is 60.7 Å². The highest BCUT2D eigenvalue weighted by Crippen LogP contribution is 2.26. The zero-order valence-corrected chi connectivity index (χ0v) is 16.3. The van der Waals surface area contributed by atoms with Crippen LogP contribution in [0.3, 0.4) is 0 Å². The molecule has 148 valence electrons. The van der Waals surface area contributed by atoms with Gasteiger partial charge in [-0.3, -0.25) is 9.69 Å². The summed E-state index contributed by atoms with van der Waals surface area (Å²) in [7, 11) is 0. The summed E-state index contributed by atoms with van der Waals surface area (Å²) in [4.78, 5) is 26.3. The lowest BCUT2D eigenvalue weighted by Gasteiger charge is -2.34. The fourth-order valence-corrected chi connectivity index (χ4v) is 4.13. The number of piperidine rings is 1. The zero-order chi connectivity index (χ0) is 19.8. The Labute approximate surface area is 167 Å². The number of likely N-dealkylation sites (tertiary alicyclic amines) is 1. The van der Waals surface area contributed by atoms with Crippen molar-refractivity contribution in [1.82, 2.24) is 4.90 Å². The second-order valence-corrected chi connectivity index (χ2v) is 7.64. The highest BCUT2D eigenvalue weighted by Gasteiger charge is 2.35. The Hall–Kier alpha value is -2.62. The standard InChI is InChI=1S/C24H29NO3/c26-23(22-13-7-8-18-25(22)24(27)28)21(16-14-19-9-3-1-4-10-19)17-15-20-11-5-2-6-12-20/h1-6,9-12,21-22H,7-8,13-18H2,(H,27,28). The summed E-state index contributed by atoms with van der Waals surface area (Å²) in [6, 6.07) is 19.9. The van der Waals surface area contributed by atoms with Crippen LogP contribution in [0.5, 0.6) is 0 Å². The normalized spacial score (nSPS) is 16.9. The topological polar surface area (TPSA) is 57.6 Å². The summed E-state index contributed by atoms with van der Waals surface area (Å²) >= 11 is 0. The molecule has 4 heteroatoms. The van der Waals surface area contributed by atoms with Gasteiger partial charge in [-0.25, -0.2) is 4.79 Å². The van der Waals surface area contributed by atoms with E-state index in [-0.39, 0.29) is 11.7 Å². The molecule has 0 spiro atoms. The van der Waals surface area contributed by atoms with Crippen molar-refractivity contribution >= 4 is 11.9 Å². The van der Waals surface area contributed by atoms with Crippen molar-refractivity contribution in [2.45, 2.75) is 51.0 Å². The molecule has 0 saturated carbocycles. The van der Waals surface area contributed by atoms with Crippen LogP contribution in [0, 0.1) is 5.92 Å². The monoisotopic (exact) mass is 379 g/mol. The SMILES string of the molecule is O=C(C(CCc1ccccc1)CCc1ccccc1)C1CCCCN1C(=O)O. The van der Waals surface area contributed by atoms with E-state index >= 15 is 0 Å². The number of benzene rings is 2. The number of hydrogen-bond donors (Lipinski definition) is 1. The first kappa shape index (κ1) is 20.1. The number of amides is 1. The zero-order valence-electron chi connectivity index (χ0n) is 16.3. The van der Waals surface area contributed by atoms with Gasteiger partial charge in [0.1, 0.15) is 0 Å². The number of carbonyl (C=O) groups excluding carboxylic acids is 1. The van der Waals surface area contributed by atoms with Crippen molar-refractivity contribution in [2.24, 2.45) is 5.92 Å². The molecule has 2 aromatic rings. The molecule has 1 saturated heterocycles. The van der Waals surface area contributed by atoms with Crippen LogP contribution < -0.4 is 0 Å². The maximum atomic E-state index is 13.4. The molecule has 2 aromatic carbocycles. The third kappa shape index (κ3) is 5.44. The van der Waals surface area contributed by atoms with Crippen molar-refractivity contribution < 1.29 is 14.7 Å². The van der Waals surface area contributed by atoms with Gasteiger partial charge in [0.2, 0.25) is 0 Å². The number of rotatable bonds is 8. The summed E-state index contributed by atoms with van der Waals surface area (Å²) in [6.45, 7) is 0.468.